The Labute approximate surface area is 118 Å². The van der Waals surface area contributed by atoms with E-state index in [9.17, 15) is 4.79 Å². The molecule has 0 spiro atoms. The number of benzene rings is 2. The van der Waals surface area contributed by atoms with Gasteiger partial charge in [0.2, 0.25) is 5.91 Å². The maximum atomic E-state index is 11.8. The quantitative estimate of drug-likeness (QED) is 0.821. The third kappa shape index (κ3) is 4.02. The molecule has 0 bridgehead atoms. The Hall–Kier alpha value is -2.49. The van der Waals surface area contributed by atoms with Gasteiger partial charge in [-0.25, -0.2) is 0 Å². The smallest absolute Gasteiger partial charge is 0.227 e. The molecular formula is C16H18N2O2. The number of hydrogen-bond donors (Lipinski definition) is 2. The summed E-state index contributed by atoms with van der Waals surface area (Å²) >= 11 is 0. The van der Waals surface area contributed by atoms with Crippen LogP contribution in [0, 0.1) is 6.92 Å². The van der Waals surface area contributed by atoms with E-state index >= 15 is 0 Å². The van der Waals surface area contributed by atoms with E-state index in [1.54, 1.807) is 6.07 Å². The molecule has 3 N–H and O–H groups in total. The van der Waals surface area contributed by atoms with Crippen LogP contribution >= 0.6 is 0 Å². The number of para-hydroxylation sites is 1. The molecule has 4 nitrogen and oxygen atoms in total. The van der Waals surface area contributed by atoms with Gasteiger partial charge in [-0.2, -0.15) is 0 Å². The van der Waals surface area contributed by atoms with Crippen molar-refractivity contribution in [1.29, 1.82) is 0 Å². The van der Waals surface area contributed by atoms with Crippen LogP contribution in [-0.4, -0.2) is 12.5 Å². The van der Waals surface area contributed by atoms with E-state index in [1.165, 1.54) is 0 Å². The number of carbonyl (C=O) groups is 1. The lowest BCUT2D eigenvalue weighted by molar-refractivity contribution is -0.116. The Bertz CT molecular complexity index is 582. The number of nitrogens with one attached hydrogen (secondary N) is 1. The number of aryl methyl sites for hydroxylation is 1. The second-order valence-electron chi connectivity index (χ2n) is 4.55. The molecule has 0 fully saturated rings. The van der Waals surface area contributed by atoms with Crippen molar-refractivity contribution < 1.29 is 9.53 Å². The number of hydrogen-bond acceptors (Lipinski definition) is 3. The zero-order valence-electron chi connectivity index (χ0n) is 11.4. The van der Waals surface area contributed by atoms with Gasteiger partial charge in [-0.15, -0.1) is 0 Å². The molecule has 0 aliphatic rings. The second kappa shape index (κ2) is 6.61. The van der Waals surface area contributed by atoms with Crippen LogP contribution in [-0.2, 0) is 4.79 Å². The fourth-order valence-corrected chi connectivity index (χ4v) is 1.77. The minimum absolute atomic E-state index is 0.113. The number of ether oxygens (including phenoxy) is 1. The van der Waals surface area contributed by atoms with Gasteiger partial charge in [0.25, 0.3) is 0 Å². The van der Waals surface area contributed by atoms with Crippen molar-refractivity contribution in [3.05, 3.63) is 54.1 Å². The summed E-state index contributed by atoms with van der Waals surface area (Å²) in [5.41, 5.74) is 8.07. The van der Waals surface area contributed by atoms with Gasteiger partial charge in [0.05, 0.1) is 24.4 Å². The van der Waals surface area contributed by atoms with Crippen LogP contribution < -0.4 is 15.8 Å². The number of amides is 1. The number of nitrogens with two attached hydrogens (primary N) is 1. The molecule has 0 aliphatic carbocycles. The standard InChI is InChI=1S/C16H18N2O2/c1-12-7-8-14(17)15(11-12)18-16(19)9-10-20-13-5-3-2-4-6-13/h2-8,11H,9-10,17H2,1H3,(H,18,19). The summed E-state index contributed by atoms with van der Waals surface area (Å²) in [6, 6.07) is 15.0. The topological polar surface area (TPSA) is 64.3 Å². The van der Waals surface area contributed by atoms with Crippen molar-refractivity contribution in [2.45, 2.75) is 13.3 Å². The third-order valence-electron chi connectivity index (χ3n) is 2.82. The predicted molar refractivity (Wildman–Crippen MR) is 80.8 cm³/mol. The first-order valence-corrected chi connectivity index (χ1v) is 6.49. The van der Waals surface area contributed by atoms with Crippen molar-refractivity contribution >= 4 is 17.3 Å². The Balaban J connectivity index is 1.82. The van der Waals surface area contributed by atoms with Gasteiger partial charge in [0, 0.05) is 0 Å². The molecule has 0 aliphatic heterocycles. The van der Waals surface area contributed by atoms with Crippen molar-refractivity contribution in [3.63, 3.8) is 0 Å². The number of rotatable bonds is 5. The highest BCUT2D eigenvalue weighted by atomic mass is 16.5. The van der Waals surface area contributed by atoms with Crippen molar-refractivity contribution in [1.82, 2.24) is 0 Å². The van der Waals surface area contributed by atoms with Crippen LogP contribution in [0.5, 0.6) is 5.75 Å². The molecule has 0 unspecified atom stereocenters. The molecule has 2 aromatic rings. The average Bonchev–Trinajstić information content (AvgIpc) is 2.44. The van der Waals surface area contributed by atoms with Gasteiger partial charge in [-0.3, -0.25) is 4.79 Å². The molecule has 1 amide bonds. The van der Waals surface area contributed by atoms with E-state index in [0.717, 1.165) is 11.3 Å². The first-order valence-electron chi connectivity index (χ1n) is 6.49. The predicted octanol–water partition coefficient (Wildman–Crippen LogP) is 2.98. The number of carbonyl (C=O) groups excluding carboxylic acids is 1. The molecule has 0 atom stereocenters. The first kappa shape index (κ1) is 13.9. The highest BCUT2D eigenvalue weighted by Gasteiger charge is 2.06. The lowest BCUT2D eigenvalue weighted by atomic mass is 10.2. The zero-order valence-corrected chi connectivity index (χ0v) is 11.4. The fourth-order valence-electron chi connectivity index (χ4n) is 1.77. The van der Waals surface area contributed by atoms with Gasteiger partial charge in [-0.1, -0.05) is 24.3 Å². The molecule has 0 aromatic heterocycles. The number of nitrogen functional groups attached to an aromatic ring is 1. The Morgan fingerprint density at radius 1 is 1.20 bits per heavy atom. The van der Waals surface area contributed by atoms with Gasteiger partial charge in [-0.05, 0) is 36.8 Å². The Kier molecular flexibility index (Phi) is 4.60. The van der Waals surface area contributed by atoms with Gasteiger partial charge in [0.15, 0.2) is 0 Å². The fraction of sp³-hybridized carbons (Fsp3) is 0.188. The Morgan fingerprint density at radius 3 is 2.70 bits per heavy atom. The van der Waals surface area contributed by atoms with E-state index in [2.05, 4.69) is 5.32 Å². The van der Waals surface area contributed by atoms with Crippen LogP contribution in [0.1, 0.15) is 12.0 Å². The normalized spacial score (nSPS) is 10.1. The summed E-state index contributed by atoms with van der Waals surface area (Å²) in [4.78, 5) is 11.8. The summed E-state index contributed by atoms with van der Waals surface area (Å²) in [5, 5.41) is 2.79. The van der Waals surface area contributed by atoms with Crippen LogP contribution in [0.25, 0.3) is 0 Å². The van der Waals surface area contributed by atoms with Gasteiger partial charge in [0.1, 0.15) is 5.75 Å². The molecule has 0 saturated heterocycles. The molecule has 2 aromatic carbocycles. The molecule has 104 valence electrons. The monoisotopic (exact) mass is 270 g/mol. The van der Waals surface area contributed by atoms with E-state index < -0.39 is 0 Å². The first-order chi connectivity index (χ1) is 9.65. The zero-order chi connectivity index (χ0) is 14.4. The van der Waals surface area contributed by atoms with Crippen molar-refractivity contribution in [2.24, 2.45) is 0 Å². The highest BCUT2D eigenvalue weighted by molar-refractivity contribution is 5.93. The van der Waals surface area contributed by atoms with Crippen LogP contribution in [0.15, 0.2) is 48.5 Å². The minimum atomic E-state index is -0.113. The van der Waals surface area contributed by atoms with Crippen molar-refractivity contribution in [2.75, 3.05) is 17.7 Å². The van der Waals surface area contributed by atoms with E-state index in [4.69, 9.17) is 10.5 Å². The average molecular weight is 270 g/mol. The lowest BCUT2D eigenvalue weighted by Gasteiger charge is -2.09. The SMILES string of the molecule is Cc1ccc(N)c(NC(=O)CCOc2ccccc2)c1. The molecule has 0 saturated carbocycles. The molecular weight excluding hydrogens is 252 g/mol. The van der Waals surface area contributed by atoms with Gasteiger partial charge >= 0.3 is 0 Å². The molecule has 4 heteroatoms. The Morgan fingerprint density at radius 2 is 1.95 bits per heavy atom. The van der Waals surface area contributed by atoms with Crippen LogP contribution in [0.2, 0.25) is 0 Å². The summed E-state index contributed by atoms with van der Waals surface area (Å²) in [6.07, 6.45) is 0.280. The van der Waals surface area contributed by atoms with Crippen LogP contribution in [0.3, 0.4) is 0 Å². The minimum Gasteiger partial charge on any atom is -0.493 e. The molecule has 20 heavy (non-hydrogen) atoms. The second-order valence-corrected chi connectivity index (χ2v) is 4.55. The molecule has 2 rings (SSSR count). The summed E-state index contributed by atoms with van der Waals surface area (Å²) in [5.74, 6) is 0.647. The summed E-state index contributed by atoms with van der Waals surface area (Å²) in [6.45, 7) is 2.29. The highest BCUT2D eigenvalue weighted by Crippen LogP contribution is 2.19. The lowest BCUT2D eigenvalue weighted by Crippen LogP contribution is -2.16. The molecule has 0 radical (unpaired) electrons. The van der Waals surface area contributed by atoms with E-state index in [-0.39, 0.29) is 12.3 Å². The van der Waals surface area contributed by atoms with E-state index in [1.807, 2.05) is 49.4 Å². The van der Waals surface area contributed by atoms with Crippen LogP contribution in [0.4, 0.5) is 11.4 Å². The third-order valence-corrected chi connectivity index (χ3v) is 2.82. The number of anilines is 2. The summed E-state index contributed by atoms with van der Waals surface area (Å²) < 4.78 is 5.48. The molecule has 0 heterocycles. The maximum Gasteiger partial charge on any atom is 0.227 e. The van der Waals surface area contributed by atoms with E-state index in [0.29, 0.717) is 18.0 Å². The van der Waals surface area contributed by atoms with Crippen molar-refractivity contribution in [3.8, 4) is 5.75 Å². The maximum absolute atomic E-state index is 11.8. The largest absolute Gasteiger partial charge is 0.493 e. The summed E-state index contributed by atoms with van der Waals surface area (Å²) in [7, 11) is 0. The van der Waals surface area contributed by atoms with Gasteiger partial charge < -0.3 is 15.8 Å².